The topological polar surface area (TPSA) is 32.3 Å². The van der Waals surface area contributed by atoms with Crippen molar-refractivity contribution in [1.29, 1.82) is 0 Å². The number of thiophene rings is 1. The smallest absolute Gasteiger partial charge is 0.244 e. The van der Waals surface area contributed by atoms with Gasteiger partial charge in [-0.2, -0.15) is 0 Å². The highest BCUT2D eigenvalue weighted by Crippen LogP contribution is 2.49. The first-order chi connectivity index (χ1) is 10.2. The summed E-state index contributed by atoms with van der Waals surface area (Å²) in [6.07, 6.45) is 8.25. The summed E-state index contributed by atoms with van der Waals surface area (Å²) >= 11 is 1.77. The molecule has 3 aliphatic rings. The lowest BCUT2D eigenvalue weighted by Gasteiger charge is -2.24. The van der Waals surface area contributed by atoms with Crippen LogP contribution in [0.25, 0.3) is 0 Å². The molecule has 1 saturated heterocycles. The van der Waals surface area contributed by atoms with E-state index in [0.29, 0.717) is 11.9 Å². The Bertz CT molecular complexity index is 521. The monoisotopic (exact) mass is 304 g/mol. The van der Waals surface area contributed by atoms with Crippen LogP contribution in [-0.4, -0.2) is 22.4 Å². The molecular formula is C17H24N2OS. The molecule has 1 aliphatic heterocycles. The molecule has 1 N–H and O–H groups in total. The van der Waals surface area contributed by atoms with Gasteiger partial charge in [0.2, 0.25) is 5.91 Å². The molecule has 4 heteroatoms. The van der Waals surface area contributed by atoms with Crippen molar-refractivity contribution in [2.75, 3.05) is 0 Å². The third-order valence-electron chi connectivity index (χ3n) is 5.51. The SMILES string of the molecule is CCCC1CC1N1C(=O)C2(CCCC2)NC1c1cccs1. The van der Waals surface area contributed by atoms with Crippen LogP contribution in [0.5, 0.6) is 0 Å². The first-order valence-corrected chi connectivity index (χ1v) is 9.27. The van der Waals surface area contributed by atoms with E-state index in [0.717, 1.165) is 18.8 Å². The average Bonchev–Trinajstić information content (AvgIpc) is 2.94. The van der Waals surface area contributed by atoms with Crippen LogP contribution in [0, 0.1) is 5.92 Å². The van der Waals surface area contributed by atoms with Crippen LogP contribution in [0.2, 0.25) is 0 Å². The van der Waals surface area contributed by atoms with Crippen molar-refractivity contribution in [3.63, 3.8) is 0 Å². The van der Waals surface area contributed by atoms with Crippen molar-refractivity contribution in [3.05, 3.63) is 22.4 Å². The molecule has 3 fully saturated rings. The van der Waals surface area contributed by atoms with Gasteiger partial charge in [-0.3, -0.25) is 10.1 Å². The van der Waals surface area contributed by atoms with Crippen molar-refractivity contribution in [1.82, 2.24) is 10.2 Å². The average molecular weight is 304 g/mol. The highest BCUT2D eigenvalue weighted by molar-refractivity contribution is 7.10. The maximum Gasteiger partial charge on any atom is 0.244 e. The number of carbonyl (C=O) groups is 1. The van der Waals surface area contributed by atoms with E-state index in [1.165, 1.54) is 37.0 Å². The van der Waals surface area contributed by atoms with E-state index in [1.54, 1.807) is 11.3 Å². The maximum atomic E-state index is 13.1. The molecule has 1 aromatic heterocycles. The second-order valence-corrected chi connectivity index (χ2v) is 7.90. The summed E-state index contributed by atoms with van der Waals surface area (Å²) in [5.41, 5.74) is -0.242. The number of amides is 1. The van der Waals surface area contributed by atoms with Gasteiger partial charge >= 0.3 is 0 Å². The van der Waals surface area contributed by atoms with Gasteiger partial charge in [0, 0.05) is 10.9 Å². The van der Waals surface area contributed by atoms with E-state index in [-0.39, 0.29) is 11.7 Å². The fourth-order valence-electron chi connectivity index (χ4n) is 4.34. The zero-order valence-corrected chi connectivity index (χ0v) is 13.5. The van der Waals surface area contributed by atoms with Crippen LogP contribution < -0.4 is 5.32 Å². The molecule has 2 saturated carbocycles. The third-order valence-corrected chi connectivity index (χ3v) is 6.43. The molecule has 3 unspecified atom stereocenters. The zero-order valence-electron chi connectivity index (χ0n) is 12.7. The normalized spacial score (nSPS) is 34.0. The van der Waals surface area contributed by atoms with E-state index in [1.807, 2.05) is 0 Å². The van der Waals surface area contributed by atoms with E-state index >= 15 is 0 Å². The van der Waals surface area contributed by atoms with Crippen molar-refractivity contribution in [2.24, 2.45) is 5.92 Å². The van der Waals surface area contributed by atoms with Gasteiger partial charge in [0.25, 0.3) is 0 Å². The van der Waals surface area contributed by atoms with Crippen LogP contribution in [-0.2, 0) is 4.79 Å². The van der Waals surface area contributed by atoms with E-state index in [9.17, 15) is 4.79 Å². The number of hydrogen-bond acceptors (Lipinski definition) is 3. The Morgan fingerprint density at radius 3 is 2.90 bits per heavy atom. The lowest BCUT2D eigenvalue weighted by molar-refractivity contribution is -0.134. The molecule has 0 aromatic carbocycles. The number of carbonyl (C=O) groups excluding carboxylic acids is 1. The molecule has 3 atom stereocenters. The summed E-state index contributed by atoms with van der Waals surface area (Å²) in [5, 5.41) is 5.86. The fourth-order valence-corrected chi connectivity index (χ4v) is 5.12. The summed E-state index contributed by atoms with van der Waals surface area (Å²) in [5.74, 6) is 1.13. The number of nitrogens with one attached hydrogen (secondary N) is 1. The van der Waals surface area contributed by atoms with Gasteiger partial charge in [-0.05, 0) is 43.0 Å². The molecule has 2 aliphatic carbocycles. The van der Waals surface area contributed by atoms with E-state index < -0.39 is 0 Å². The fraction of sp³-hybridized carbons (Fsp3) is 0.706. The molecule has 21 heavy (non-hydrogen) atoms. The van der Waals surface area contributed by atoms with Crippen LogP contribution in [0.15, 0.2) is 17.5 Å². The van der Waals surface area contributed by atoms with Crippen LogP contribution in [0.1, 0.15) is 62.9 Å². The molecule has 1 aromatic rings. The van der Waals surface area contributed by atoms with Crippen LogP contribution >= 0.6 is 11.3 Å². The standard InChI is InChI=1S/C17H24N2OS/c1-2-6-12-11-13(12)19-15(14-7-5-10-21-14)18-17(16(19)20)8-3-4-9-17/h5,7,10,12-13,15,18H,2-4,6,8-9,11H2,1H3. The number of hydrogen-bond donors (Lipinski definition) is 1. The zero-order chi connectivity index (χ0) is 14.4. The Balaban J connectivity index is 1.63. The highest BCUT2D eigenvalue weighted by Gasteiger charge is 2.58. The predicted molar refractivity (Wildman–Crippen MR) is 85.0 cm³/mol. The molecule has 4 rings (SSSR count). The molecule has 2 heterocycles. The molecule has 3 nitrogen and oxygen atoms in total. The van der Waals surface area contributed by atoms with Gasteiger partial charge in [-0.15, -0.1) is 11.3 Å². The maximum absolute atomic E-state index is 13.1. The van der Waals surface area contributed by atoms with Gasteiger partial charge in [-0.25, -0.2) is 0 Å². The van der Waals surface area contributed by atoms with Crippen LogP contribution in [0.3, 0.4) is 0 Å². The van der Waals surface area contributed by atoms with Gasteiger partial charge < -0.3 is 4.90 Å². The number of nitrogens with zero attached hydrogens (tertiary/aromatic N) is 1. The highest BCUT2D eigenvalue weighted by atomic mass is 32.1. The van der Waals surface area contributed by atoms with Crippen molar-refractivity contribution in [3.8, 4) is 0 Å². The molecule has 1 spiro atoms. The Morgan fingerprint density at radius 2 is 2.24 bits per heavy atom. The second kappa shape index (κ2) is 5.10. The van der Waals surface area contributed by atoms with Crippen molar-refractivity contribution in [2.45, 2.75) is 69.6 Å². The Morgan fingerprint density at radius 1 is 1.43 bits per heavy atom. The summed E-state index contributed by atoms with van der Waals surface area (Å²) in [7, 11) is 0. The number of rotatable bonds is 4. The lowest BCUT2D eigenvalue weighted by atomic mass is 9.98. The minimum absolute atomic E-state index is 0.127. The summed E-state index contributed by atoms with van der Waals surface area (Å²) < 4.78 is 0. The van der Waals surface area contributed by atoms with Gasteiger partial charge in [0.1, 0.15) is 6.17 Å². The van der Waals surface area contributed by atoms with Crippen molar-refractivity contribution < 1.29 is 4.79 Å². The molecule has 0 bridgehead atoms. The largest absolute Gasteiger partial charge is 0.317 e. The summed E-state index contributed by atoms with van der Waals surface area (Å²) in [6.45, 7) is 2.24. The second-order valence-electron chi connectivity index (χ2n) is 6.92. The van der Waals surface area contributed by atoms with Gasteiger partial charge in [-0.1, -0.05) is 32.3 Å². The van der Waals surface area contributed by atoms with Crippen LogP contribution in [0.4, 0.5) is 0 Å². The van der Waals surface area contributed by atoms with Crippen molar-refractivity contribution >= 4 is 17.2 Å². The predicted octanol–water partition coefficient (Wildman–Crippen LogP) is 3.68. The minimum atomic E-state index is -0.242. The first kappa shape index (κ1) is 13.8. The summed E-state index contributed by atoms with van der Waals surface area (Å²) in [4.78, 5) is 16.7. The minimum Gasteiger partial charge on any atom is -0.317 e. The van der Waals surface area contributed by atoms with E-state index in [4.69, 9.17) is 0 Å². The Labute approximate surface area is 130 Å². The van der Waals surface area contributed by atoms with Gasteiger partial charge in [0.05, 0.1) is 5.54 Å². The first-order valence-electron chi connectivity index (χ1n) is 8.39. The molecule has 0 radical (unpaired) electrons. The Hall–Kier alpha value is -0.870. The lowest BCUT2D eigenvalue weighted by Crippen LogP contribution is -2.44. The van der Waals surface area contributed by atoms with Gasteiger partial charge in [0.15, 0.2) is 0 Å². The third kappa shape index (κ3) is 2.15. The molecule has 114 valence electrons. The van der Waals surface area contributed by atoms with E-state index in [2.05, 4.69) is 34.7 Å². The molecule has 1 amide bonds. The summed E-state index contributed by atoms with van der Waals surface area (Å²) in [6, 6.07) is 4.76. The quantitative estimate of drug-likeness (QED) is 0.920. The molecular weight excluding hydrogens is 280 g/mol. The Kier molecular flexibility index (Phi) is 3.34.